The first-order valence-corrected chi connectivity index (χ1v) is 0.236. The molecule has 0 aromatic rings. The van der Waals surface area contributed by atoms with Crippen LogP contribution in [-0.2, 0) is 0 Å². The fraction of sp³-hybridized carbons (Fsp3) is 1.00. The van der Waals surface area contributed by atoms with Crippen LogP contribution in [0.5, 0.6) is 0 Å². The number of nitrogens with two attached hydrogens (primary N) is 1. The van der Waals surface area contributed by atoms with Crippen molar-refractivity contribution in [2.45, 2.75) is 7.43 Å². The molecule has 0 bridgehead atoms. The molecule has 0 aliphatic rings. The average molecular weight is 68.1 g/mol. The Labute approximate surface area is 27.7 Å². The third-order valence-corrected chi connectivity index (χ3v) is 0. The zero-order chi connectivity index (χ0) is 2.00. The van der Waals surface area contributed by atoms with Crippen molar-refractivity contribution in [2.24, 2.45) is 0 Å². The second-order valence-corrected chi connectivity index (χ2v) is 0. The van der Waals surface area contributed by atoms with Gasteiger partial charge in [-0.05, 0) is 5.59 Å². The summed E-state index contributed by atoms with van der Waals surface area (Å²) in [5.41, 5.74) is 3.25. The van der Waals surface area contributed by atoms with Crippen LogP contribution in [0.25, 0.3) is 0 Å². The maximum absolute atomic E-state index is 7.75. The number of rotatable bonds is 0. The zero-order valence-electron chi connectivity index (χ0n) is 3.49. The van der Waals surface area contributed by atoms with E-state index in [1.54, 1.807) is 0 Å². The summed E-state index contributed by atoms with van der Waals surface area (Å²) in [5, 5.41) is 0. The number of hydrogen-bond acceptors (Lipinski definition) is 1. The fourth-order valence-electron chi connectivity index (χ4n) is 0. The highest BCUT2D eigenvalue weighted by Gasteiger charge is 0.697. The molecule has 4 N–H and O–H groups in total. The van der Waals surface area contributed by atoms with Gasteiger partial charge < -0.3 is 5.48 Å². The van der Waals surface area contributed by atoms with Crippen molar-refractivity contribution in [1.29, 1.82) is 0 Å². The lowest BCUT2D eigenvalue weighted by Gasteiger charge is -0.718. The minimum Gasteiger partial charge on any atom is -0.412 e. The molecule has 0 radical (unpaired) electrons. The van der Waals surface area contributed by atoms with Gasteiger partial charge in [-0.15, -0.1) is 0 Å². The summed E-state index contributed by atoms with van der Waals surface area (Å²) in [6, 6.07) is 0. The van der Waals surface area contributed by atoms with Gasteiger partial charge in [-0.2, -0.15) is 0 Å². The third kappa shape index (κ3) is 2.53. The van der Waals surface area contributed by atoms with Gasteiger partial charge >= 0.3 is 2.85 Å². The highest BCUT2D eigenvalue weighted by molar-refractivity contribution is 3.51. The van der Waals surface area contributed by atoms with Gasteiger partial charge in [0.15, 0.2) is 0 Å². The van der Waals surface area contributed by atoms with Gasteiger partial charge in [0.25, 0.3) is 0 Å². The van der Waals surface area contributed by atoms with Crippen molar-refractivity contribution in [3.05, 3.63) is 4.91 Å². The van der Waals surface area contributed by atoms with Crippen LogP contribution in [0.4, 0.5) is 0 Å². The molecule has 0 unspecified atom stereocenters. The Bertz CT molecular complexity index is 11.5. The number of nitroso groups, excluding NO2 is 1. The van der Waals surface area contributed by atoms with Crippen molar-refractivity contribution >= 4 is 0 Å². The molecule has 0 saturated heterocycles. The molecule has 0 heterocycles. The summed E-state index contributed by atoms with van der Waals surface area (Å²) in [6.45, 7) is 0. The normalized spacial score (nSPS) is 1.00. The van der Waals surface area contributed by atoms with Crippen molar-refractivity contribution < 1.29 is 13.9 Å². The lowest BCUT2D eigenvalue weighted by Crippen LogP contribution is -2.18. The third-order valence-electron chi connectivity index (χ3n) is 0. The summed E-state index contributed by atoms with van der Waals surface area (Å²) in [7, 11) is 0. The quantitative estimate of drug-likeness (QED) is 0.370. The smallest absolute Gasteiger partial charge is 0.412 e. The van der Waals surface area contributed by atoms with Crippen LogP contribution in [0.15, 0.2) is 0 Å². The summed E-state index contributed by atoms with van der Waals surface area (Å²) in [5.74, 6) is 0. The molecule has 0 fully saturated rings. The molecule has 0 aliphatic heterocycles. The van der Waals surface area contributed by atoms with Crippen LogP contribution < -0.4 is 5.59 Å². The largest absolute Gasteiger partial charge is 1.00 e. The molecular formula is CH10NO2+3. The SMILES string of the molecule is C.O.[H+].[H+].[NH2+]=O. The fourth-order valence-corrected chi connectivity index (χ4v) is 0. The first-order chi connectivity index (χ1) is 1.00. The van der Waals surface area contributed by atoms with Crippen molar-refractivity contribution in [2.75, 3.05) is 0 Å². The molecule has 4 heavy (non-hydrogen) atoms. The Morgan fingerprint density at radius 1 is 1.50 bits per heavy atom. The average Bonchev–Trinajstić information content (AvgIpc) is 1.00. The summed E-state index contributed by atoms with van der Waals surface area (Å²) in [4.78, 5) is 7.75. The van der Waals surface area contributed by atoms with Crippen LogP contribution in [0.2, 0.25) is 0 Å². The van der Waals surface area contributed by atoms with E-state index in [0.29, 0.717) is 0 Å². The predicted molar refractivity (Wildman–Crippen MR) is 17.9 cm³/mol. The van der Waals surface area contributed by atoms with Gasteiger partial charge in [0.2, 0.25) is 0 Å². The van der Waals surface area contributed by atoms with Crippen LogP contribution in [-0.4, -0.2) is 5.48 Å². The molecule has 0 aliphatic carbocycles. The Morgan fingerprint density at radius 3 is 1.50 bits per heavy atom. The standard InChI is InChI=1S/CH4.H2NO.H2O/c;1-2;/h1H4;1H2;1H2/q;+1;/p+2. The molecule has 0 rings (SSSR count). The minimum atomic E-state index is 0. The molecule has 0 aromatic carbocycles. The van der Waals surface area contributed by atoms with Gasteiger partial charge in [-0.1, -0.05) is 7.43 Å². The molecule has 0 saturated carbocycles. The van der Waals surface area contributed by atoms with E-state index in [0.717, 1.165) is 0 Å². The van der Waals surface area contributed by atoms with Crippen molar-refractivity contribution in [3.8, 4) is 0 Å². The molecular weight excluding hydrogens is 58.0 g/mol. The summed E-state index contributed by atoms with van der Waals surface area (Å²) >= 11 is 0. The van der Waals surface area contributed by atoms with E-state index in [-0.39, 0.29) is 15.8 Å². The molecule has 0 spiro atoms. The Balaban J connectivity index is -0.000000000833. The maximum atomic E-state index is 7.75. The molecule has 3 nitrogen and oxygen atoms in total. The van der Waals surface area contributed by atoms with Crippen LogP contribution in [0.1, 0.15) is 10.3 Å². The Kier molecular flexibility index (Phi) is 599. The van der Waals surface area contributed by atoms with Crippen molar-refractivity contribution in [1.82, 2.24) is 0 Å². The van der Waals surface area contributed by atoms with Crippen molar-refractivity contribution in [3.63, 3.8) is 0 Å². The van der Waals surface area contributed by atoms with Gasteiger partial charge in [-0.3, -0.25) is 0 Å². The van der Waals surface area contributed by atoms with E-state index in [1.807, 2.05) is 0 Å². The summed E-state index contributed by atoms with van der Waals surface area (Å²) < 4.78 is 0. The Hall–Kier alpha value is -0.440. The zero-order valence-corrected chi connectivity index (χ0v) is 1.49. The van der Waals surface area contributed by atoms with Gasteiger partial charge in [0.1, 0.15) is 0 Å². The van der Waals surface area contributed by atoms with Crippen LogP contribution >= 0.6 is 0 Å². The van der Waals surface area contributed by atoms with Gasteiger partial charge in [0.05, 0.1) is 0 Å². The molecule has 0 atom stereocenters. The molecule has 0 amide bonds. The molecule has 28 valence electrons. The minimum absolute atomic E-state index is 0. The predicted octanol–water partition coefficient (Wildman–Crippen LogP) is -1.45. The number of hydrogen-bond donors (Lipinski definition) is 1. The van der Waals surface area contributed by atoms with E-state index >= 15 is 0 Å². The highest BCUT2D eigenvalue weighted by Crippen LogP contribution is 0.260. The topological polar surface area (TPSA) is 74.2 Å². The van der Waals surface area contributed by atoms with Gasteiger partial charge in [-0.25, -0.2) is 0 Å². The van der Waals surface area contributed by atoms with Gasteiger partial charge in [0, 0.05) is 4.91 Å². The second kappa shape index (κ2) is 32.2. The molecule has 0 aromatic heterocycles. The van der Waals surface area contributed by atoms with Crippen LogP contribution in [0.3, 0.4) is 0 Å². The maximum Gasteiger partial charge on any atom is 1.00 e. The second-order valence-electron chi connectivity index (χ2n) is 0. The van der Waals surface area contributed by atoms with E-state index in [2.05, 4.69) is 5.59 Å². The lowest BCUT2D eigenvalue weighted by atomic mass is 12.0. The summed E-state index contributed by atoms with van der Waals surface area (Å²) in [6.07, 6.45) is 0. The molecule has 3 heteroatoms. The lowest BCUT2D eigenvalue weighted by molar-refractivity contribution is -0.142. The monoisotopic (exact) mass is 68.1 g/mol. The van der Waals surface area contributed by atoms with E-state index in [1.165, 1.54) is 0 Å². The van der Waals surface area contributed by atoms with E-state index in [9.17, 15) is 0 Å². The Morgan fingerprint density at radius 2 is 1.50 bits per heavy atom. The van der Waals surface area contributed by atoms with E-state index in [4.69, 9.17) is 4.91 Å². The first-order valence-electron chi connectivity index (χ1n) is 0.236. The van der Waals surface area contributed by atoms with Crippen LogP contribution in [0, 0.1) is 4.91 Å². The highest BCUT2D eigenvalue weighted by atomic mass is 16.2. The first kappa shape index (κ1) is 74.4. The van der Waals surface area contributed by atoms with E-state index < -0.39 is 0 Å².